The number of aromatic nitrogens is 1. The van der Waals surface area contributed by atoms with E-state index in [9.17, 15) is 9.59 Å². The fraction of sp³-hybridized carbons (Fsp3) is 0.125. The van der Waals surface area contributed by atoms with Gasteiger partial charge in [-0.15, -0.1) is 12.4 Å². The molecule has 1 aliphatic rings. The lowest BCUT2D eigenvalue weighted by Gasteiger charge is -2.11. The molecule has 2 rings (SSSR count). The van der Waals surface area contributed by atoms with E-state index in [0.29, 0.717) is 5.56 Å². The molecule has 68 valence electrons. The maximum Gasteiger partial charge on any atom is 0.364 e. The fourth-order valence-corrected chi connectivity index (χ4v) is 1.11. The first-order valence-electron chi connectivity index (χ1n) is 3.46. The van der Waals surface area contributed by atoms with Crippen molar-refractivity contribution in [1.82, 2.24) is 4.98 Å². The van der Waals surface area contributed by atoms with Crippen molar-refractivity contribution in [1.29, 1.82) is 0 Å². The van der Waals surface area contributed by atoms with Gasteiger partial charge in [0, 0.05) is 6.20 Å². The zero-order valence-electron chi connectivity index (χ0n) is 6.52. The van der Waals surface area contributed by atoms with Crippen LogP contribution >= 0.6 is 12.4 Å². The van der Waals surface area contributed by atoms with Gasteiger partial charge in [0.2, 0.25) is 0 Å². The number of carbonyl (C=O) groups excluding carboxylic acids is 2. The highest BCUT2D eigenvalue weighted by Gasteiger charge is 2.24. The van der Waals surface area contributed by atoms with Crippen molar-refractivity contribution < 1.29 is 14.3 Å². The molecule has 0 unspecified atom stereocenters. The van der Waals surface area contributed by atoms with Gasteiger partial charge in [-0.25, -0.2) is 9.78 Å². The number of hydrogen-bond acceptors (Lipinski definition) is 4. The molecule has 0 aliphatic carbocycles. The Morgan fingerprint density at radius 2 is 2.15 bits per heavy atom. The number of rotatable bonds is 0. The second-order valence-electron chi connectivity index (χ2n) is 2.45. The Labute approximate surface area is 80.3 Å². The predicted molar refractivity (Wildman–Crippen MR) is 45.6 cm³/mol. The highest BCUT2D eigenvalue weighted by atomic mass is 35.5. The number of pyridine rings is 1. The minimum atomic E-state index is -0.651. The van der Waals surface area contributed by atoms with Crippen molar-refractivity contribution >= 4 is 24.3 Å². The molecule has 0 atom stereocenters. The maximum atomic E-state index is 11.0. The minimum Gasteiger partial charge on any atom is -0.388 e. The first kappa shape index (κ1) is 9.67. The summed E-state index contributed by atoms with van der Waals surface area (Å²) in [5.41, 5.74) is 0.885. The summed E-state index contributed by atoms with van der Waals surface area (Å²) in [5.74, 6) is -1.16. The third-order valence-corrected chi connectivity index (χ3v) is 1.63. The van der Waals surface area contributed by atoms with Crippen LogP contribution in [0.5, 0.6) is 0 Å². The molecule has 0 bridgehead atoms. The lowest BCUT2D eigenvalue weighted by molar-refractivity contribution is -0.137. The van der Waals surface area contributed by atoms with Crippen molar-refractivity contribution in [3.05, 3.63) is 29.6 Å². The van der Waals surface area contributed by atoms with Gasteiger partial charge >= 0.3 is 11.9 Å². The van der Waals surface area contributed by atoms with Crippen LogP contribution in [-0.4, -0.2) is 16.9 Å². The third kappa shape index (κ3) is 1.67. The van der Waals surface area contributed by atoms with E-state index < -0.39 is 11.9 Å². The quantitative estimate of drug-likeness (QED) is 0.457. The van der Waals surface area contributed by atoms with E-state index in [1.165, 1.54) is 6.20 Å². The molecule has 0 aromatic carbocycles. The van der Waals surface area contributed by atoms with Gasteiger partial charge in [-0.3, -0.25) is 4.79 Å². The van der Waals surface area contributed by atoms with Gasteiger partial charge in [-0.05, 0) is 11.6 Å². The summed E-state index contributed by atoms with van der Waals surface area (Å²) in [4.78, 5) is 25.6. The normalized spacial score (nSPS) is 14.2. The van der Waals surface area contributed by atoms with Gasteiger partial charge < -0.3 is 4.74 Å². The van der Waals surface area contributed by atoms with Crippen LogP contribution in [0.2, 0.25) is 0 Å². The Balaban J connectivity index is 0.000000845. The molecule has 0 saturated heterocycles. The van der Waals surface area contributed by atoms with Gasteiger partial charge in [0.1, 0.15) is 0 Å². The Morgan fingerprint density at radius 3 is 2.92 bits per heavy atom. The lowest BCUT2D eigenvalue weighted by Crippen LogP contribution is -2.23. The summed E-state index contributed by atoms with van der Waals surface area (Å²) in [7, 11) is 0. The average Bonchev–Trinajstić information content (AvgIpc) is 2.04. The standard InChI is InChI=1S/C8H5NO3.ClH/c10-6-4-5-2-1-3-9-7(5)8(11)12-6;/h1-3H,4H2;1H. The predicted octanol–water partition coefficient (Wildman–Crippen LogP) is 0.743. The maximum absolute atomic E-state index is 11.0. The number of carbonyl (C=O) groups is 2. The monoisotopic (exact) mass is 199 g/mol. The Hall–Kier alpha value is -1.42. The largest absolute Gasteiger partial charge is 0.388 e. The smallest absolute Gasteiger partial charge is 0.364 e. The topological polar surface area (TPSA) is 56.3 Å². The number of cyclic esters (lactones) is 2. The van der Waals surface area contributed by atoms with Gasteiger partial charge in [0.05, 0.1) is 6.42 Å². The molecule has 1 aromatic heterocycles. The van der Waals surface area contributed by atoms with Crippen LogP contribution in [0.25, 0.3) is 0 Å². The summed E-state index contributed by atoms with van der Waals surface area (Å²) in [5, 5.41) is 0. The van der Waals surface area contributed by atoms with Crippen LogP contribution in [0.15, 0.2) is 18.3 Å². The second-order valence-corrected chi connectivity index (χ2v) is 2.45. The van der Waals surface area contributed by atoms with Crippen LogP contribution in [0.1, 0.15) is 16.1 Å². The van der Waals surface area contributed by atoms with Crippen molar-refractivity contribution in [3.63, 3.8) is 0 Å². The van der Waals surface area contributed by atoms with E-state index in [-0.39, 0.29) is 24.5 Å². The van der Waals surface area contributed by atoms with Gasteiger partial charge in [0.15, 0.2) is 5.69 Å². The van der Waals surface area contributed by atoms with Crippen LogP contribution in [0, 0.1) is 0 Å². The number of esters is 2. The molecule has 13 heavy (non-hydrogen) atoms. The molecule has 5 heteroatoms. The van der Waals surface area contributed by atoms with E-state index in [1.807, 2.05) is 0 Å². The highest BCUT2D eigenvalue weighted by Crippen LogP contribution is 2.13. The number of hydrogen-bond donors (Lipinski definition) is 0. The Morgan fingerprint density at radius 1 is 1.38 bits per heavy atom. The molecular formula is C8H6ClNO3. The first-order chi connectivity index (χ1) is 5.77. The molecule has 0 radical (unpaired) electrons. The van der Waals surface area contributed by atoms with E-state index >= 15 is 0 Å². The number of nitrogens with zero attached hydrogens (tertiary/aromatic N) is 1. The van der Waals surface area contributed by atoms with E-state index in [2.05, 4.69) is 9.72 Å². The zero-order valence-corrected chi connectivity index (χ0v) is 7.34. The fourth-order valence-electron chi connectivity index (χ4n) is 1.11. The summed E-state index contributed by atoms with van der Waals surface area (Å²) in [6.07, 6.45) is 1.63. The van der Waals surface area contributed by atoms with Crippen LogP contribution < -0.4 is 0 Å². The molecule has 0 amide bonds. The van der Waals surface area contributed by atoms with Crippen molar-refractivity contribution in [2.75, 3.05) is 0 Å². The van der Waals surface area contributed by atoms with Gasteiger partial charge in [-0.2, -0.15) is 0 Å². The molecular weight excluding hydrogens is 194 g/mol. The van der Waals surface area contributed by atoms with E-state index in [4.69, 9.17) is 0 Å². The number of ether oxygens (including phenoxy) is 1. The third-order valence-electron chi connectivity index (χ3n) is 1.63. The van der Waals surface area contributed by atoms with Gasteiger partial charge in [-0.1, -0.05) is 6.07 Å². The molecule has 0 N–H and O–H groups in total. The van der Waals surface area contributed by atoms with Gasteiger partial charge in [0.25, 0.3) is 0 Å². The Kier molecular flexibility index (Phi) is 2.63. The molecule has 0 saturated carbocycles. The molecule has 1 aromatic rings. The van der Waals surface area contributed by atoms with E-state index in [0.717, 1.165) is 0 Å². The average molecular weight is 200 g/mol. The molecule has 4 nitrogen and oxygen atoms in total. The van der Waals surface area contributed by atoms with Crippen molar-refractivity contribution in [2.24, 2.45) is 0 Å². The SMILES string of the molecule is Cl.O=C1Cc2cccnc2C(=O)O1. The number of halogens is 1. The minimum absolute atomic E-state index is 0. The summed E-state index contributed by atoms with van der Waals surface area (Å²) < 4.78 is 4.37. The summed E-state index contributed by atoms with van der Waals surface area (Å²) >= 11 is 0. The number of fused-ring (bicyclic) bond motifs is 1. The van der Waals surface area contributed by atoms with Crippen LogP contribution in [-0.2, 0) is 16.0 Å². The summed E-state index contributed by atoms with van der Waals surface area (Å²) in [6.45, 7) is 0. The Bertz CT molecular complexity index is 364. The highest BCUT2D eigenvalue weighted by molar-refractivity contribution is 6.00. The molecule has 1 aliphatic heterocycles. The molecule has 2 heterocycles. The summed E-state index contributed by atoms with van der Waals surface area (Å²) in [6, 6.07) is 3.38. The van der Waals surface area contributed by atoms with Crippen molar-refractivity contribution in [3.8, 4) is 0 Å². The zero-order chi connectivity index (χ0) is 8.55. The van der Waals surface area contributed by atoms with E-state index in [1.54, 1.807) is 12.1 Å². The van der Waals surface area contributed by atoms with Crippen LogP contribution in [0.4, 0.5) is 0 Å². The second kappa shape index (κ2) is 3.53. The van der Waals surface area contributed by atoms with Crippen molar-refractivity contribution in [2.45, 2.75) is 6.42 Å². The first-order valence-corrected chi connectivity index (χ1v) is 3.46. The van der Waals surface area contributed by atoms with Crippen LogP contribution in [0.3, 0.4) is 0 Å². The molecule has 0 spiro atoms. The molecule has 0 fully saturated rings. The lowest BCUT2D eigenvalue weighted by atomic mass is 10.1.